The van der Waals surface area contributed by atoms with Gasteiger partial charge in [-0.05, 0) is 31.5 Å². The quantitative estimate of drug-likeness (QED) is 0.546. The number of carbonyl (C=O) groups is 2. The van der Waals surface area contributed by atoms with E-state index in [0.717, 1.165) is 18.2 Å². The molecule has 0 fully saturated rings. The van der Waals surface area contributed by atoms with E-state index in [2.05, 4.69) is 25.8 Å². The Balaban J connectivity index is 1.92. The molecular formula is C17H22ClN5O3S. The molecule has 27 heavy (non-hydrogen) atoms. The van der Waals surface area contributed by atoms with Gasteiger partial charge in [-0.25, -0.2) is 4.98 Å². The van der Waals surface area contributed by atoms with E-state index in [0.29, 0.717) is 33.9 Å². The van der Waals surface area contributed by atoms with Crippen LogP contribution in [0.3, 0.4) is 0 Å². The lowest BCUT2D eigenvalue weighted by molar-refractivity contribution is -0.127. The van der Waals surface area contributed by atoms with Crippen molar-refractivity contribution in [2.75, 3.05) is 19.4 Å². The summed E-state index contributed by atoms with van der Waals surface area (Å²) in [5.74, 6) is 0.714. The van der Waals surface area contributed by atoms with Gasteiger partial charge < -0.3 is 15.4 Å². The van der Waals surface area contributed by atoms with Crippen molar-refractivity contribution >= 4 is 35.2 Å². The SMILES string of the molecule is CCCNC(=O)[C@@H](C)NC(=O)CSc1n[nH]c(-c2cc(Cl)ccc2OC)n1. The van der Waals surface area contributed by atoms with Crippen LogP contribution < -0.4 is 15.4 Å². The monoisotopic (exact) mass is 411 g/mol. The van der Waals surface area contributed by atoms with E-state index in [1.54, 1.807) is 32.2 Å². The van der Waals surface area contributed by atoms with E-state index in [1.807, 2.05) is 6.92 Å². The first kappa shape index (κ1) is 21.0. The Kier molecular flexibility index (Phi) is 7.93. The van der Waals surface area contributed by atoms with Crippen molar-refractivity contribution in [1.82, 2.24) is 25.8 Å². The molecule has 1 heterocycles. The summed E-state index contributed by atoms with van der Waals surface area (Å²) in [4.78, 5) is 28.1. The maximum atomic E-state index is 12.0. The predicted molar refractivity (Wildman–Crippen MR) is 105 cm³/mol. The molecule has 8 nitrogen and oxygen atoms in total. The Morgan fingerprint density at radius 1 is 1.41 bits per heavy atom. The molecule has 0 saturated carbocycles. The number of aromatic nitrogens is 3. The Morgan fingerprint density at radius 2 is 2.19 bits per heavy atom. The van der Waals surface area contributed by atoms with Crippen molar-refractivity contribution in [3.63, 3.8) is 0 Å². The van der Waals surface area contributed by atoms with Crippen molar-refractivity contribution in [3.8, 4) is 17.1 Å². The van der Waals surface area contributed by atoms with E-state index in [-0.39, 0.29) is 17.6 Å². The van der Waals surface area contributed by atoms with Crippen molar-refractivity contribution < 1.29 is 14.3 Å². The van der Waals surface area contributed by atoms with E-state index >= 15 is 0 Å². The molecule has 0 spiro atoms. The molecule has 1 aromatic heterocycles. The fourth-order valence-corrected chi connectivity index (χ4v) is 2.96. The molecule has 0 saturated heterocycles. The molecule has 0 aliphatic heterocycles. The van der Waals surface area contributed by atoms with Gasteiger partial charge in [-0.1, -0.05) is 30.3 Å². The summed E-state index contributed by atoms with van der Waals surface area (Å²) >= 11 is 7.19. The molecule has 1 aromatic carbocycles. The summed E-state index contributed by atoms with van der Waals surface area (Å²) in [6.45, 7) is 4.19. The Bertz CT molecular complexity index is 799. The lowest BCUT2D eigenvalue weighted by atomic mass is 10.2. The van der Waals surface area contributed by atoms with Crippen LogP contribution in [-0.4, -0.2) is 52.4 Å². The van der Waals surface area contributed by atoms with E-state index in [4.69, 9.17) is 16.3 Å². The molecule has 2 aromatic rings. The van der Waals surface area contributed by atoms with E-state index < -0.39 is 6.04 Å². The summed E-state index contributed by atoms with van der Waals surface area (Å²) in [6, 6.07) is 4.59. The highest BCUT2D eigenvalue weighted by molar-refractivity contribution is 7.99. The van der Waals surface area contributed by atoms with Crippen molar-refractivity contribution in [1.29, 1.82) is 0 Å². The number of halogens is 1. The zero-order valence-corrected chi connectivity index (χ0v) is 16.9. The average molecular weight is 412 g/mol. The molecule has 1 atom stereocenters. The van der Waals surface area contributed by atoms with Crippen molar-refractivity contribution in [3.05, 3.63) is 23.2 Å². The van der Waals surface area contributed by atoms with Crippen LogP contribution in [0.2, 0.25) is 5.02 Å². The minimum atomic E-state index is -0.594. The standard InChI is InChI=1S/C17H22ClN5O3S/c1-4-7-19-16(25)10(2)20-14(24)9-27-17-21-15(22-23-17)12-8-11(18)5-6-13(12)26-3/h5-6,8,10H,4,7,9H2,1-3H3,(H,19,25)(H,20,24)(H,21,22,23)/t10-/m1/s1. The number of ether oxygens (including phenoxy) is 1. The number of thioether (sulfide) groups is 1. The molecule has 0 aliphatic carbocycles. The number of hydrogen-bond donors (Lipinski definition) is 3. The predicted octanol–water partition coefficient (Wildman–Crippen LogP) is 2.26. The van der Waals surface area contributed by atoms with Crippen LogP contribution in [0.1, 0.15) is 20.3 Å². The van der Waals surface area contributed by atoms with Crippen LogP contribution in [0.5, 0.6) is 5.75 Å². The molecule has 0 aliphatic rings. The number of amides is 2. The Labute approximate surface area is 166 Å². The Hall–Kier alpha value is -2.26. The van der Waals surface area contributed by atoms with E-state index in [9.17, 15) is 9.59 Å². The molecule has 0 unspecified atom stereocenters. The van der Waals surface area contributed by atoms with E-state index in [1.165, 1.54) is 0 Å². The highest BCUT2D eigenvalue weighted by atomic mass is 35.5. The molecule has 0 bridgehead atoms. The molecule has 2 amide bonds. The third kappa shape index (κ3) is 6.14. The number of rotatable bonds is 9. The normalized spacial score (nSPS) is 11.7. The summed E-state index contributed by atoms with van der Waals surface area (Å²) in [5, 5.41) is 13.2. The largest absolute Gasteiger partial charge is 0.496 e. The van der Waals surface area contributed by atoms with Crippen LogP contribution in [0.4, 0.5) is 0 Å². The van der Waals surface area contributed by atoms with Gasteiger partial charge in [0.15, 0.2) is 5.82 Å². The maximum absolute atomic E-state index is 12.0. The lowest BCUT2D eigenvalue weighted by Gasteiger charge is -2.13. The van der Waals surface area contributed by atoms with Crippen LogP contribution in [0.15, 0.2) is 23.4 Å². The first-order valence-electron chi connectivity index (χ1n) is 8.40. The Morgan fingerprint density at radius 3 is 2.89 bits per heavy atom. The highest BCUT2D eigenvalue weighted by Crippen LogP contribution is 2.31. The van der Waals surface area contributed by atoms with Gasteiger partial charge in [0, 0.05) is 11.6 Å². The second kappa shape index (κ2) is 10.2. The summed E-state index contributed by atoms with van der Waals surface area (Å²) in [7, 11) is 1.56. The van der Waals surface area contributed by atoms with Crippen LogP contribution in [-0.2, 0) is 9.59 Å². The fraction of sp³-hybridized carbons (Fsp3) is 0.412. The number of nitrogens with zero attached hydrogens (tertiary/aromatic N) is 2. The lowest BCUT2D eigenvalue weighted by Crippen LogP contribution is -2.45. The number of hydrogen-bond acceptors (Lipinski definition) is 6. The molecule has 146 valence electrons. The summed E-state index contributed by atoms with van der Waals surface area (Å²) in [6.07, 6.45) is 0.840. The average Bonchev–Trinajstić information content (AvgIpc) is 3.13. The number of H-pyrrole nitrogens is 1. The number of benzene rings is 1. The number of carbonyl (C=O) groups excluding carboxylic acids is 2. The van der Waals surface area contributed by atoms with Gasteiger partial charge in [0.1, 0.15) is 11.8 Å². The molecule has 0 radical (unpaired) electrons. The maximum Gasteiger partial charge on any atom is 0.242 e. The van der Waals surface area contributed by atoms with Gasteiger partial charge in [0.2, 0.25) is 17.0 Å². The third-order valence-electron chi connectivity index (χ3n) is 3.53. The minimum Gasteiger partial charge on any atom is -0.496 e. The van der Waals surface area contributed by atoms with Crippen molar-refractivity contribution in [2.45, 2.75) is 31.5 Å². The highest BCUT2D eigenvalue weighted by Gasteiger charge is 2.16. The first-order chi connectivity index (χ1) is 12.9. The number of nitrogens with one attached hydrogen (secondary N) is 3. The first-order valence-corrected chi connectivity index (χ1v) is 9.77. The number of methoxy groups -OCH3 is 1. The number of aromatic amines is 1. The van der Waals surface area contributed by atoms with Gasteiger partial charge in [-0.3, -0.25) is 14.7 Å². The van der Waals surface area contributed by atoms with Crippen LogP contribution >= 0.6 is 23.4 Å². The minimum absolute atomic E-state index is 0.0926. The molecule has 2 rings (SSSR count). The topological polar surface area (TPSA) is 109 Å². The summed E-state index contributed by atoms with van der Waals surface area (Å²) < 4.78 is 5.30. The molecule has 10 heteroatoms. The van der Waals surface area contributed by atoms with Gasteiger partial charge in [-0.15, -0.1) is 5.10 Å². The van der Waals surface area contributed by atoms with Gasteiger partial charge in [-0.2, -0.15) is 0 Å². The zero-order valence-electron chi connectivity index (χ0n) is 15.3. The second-order valence-corrected chi connectivity index (χ2v) is 7.06. The zero-order chi connectivity index (χ0) is 19.8. The summed E-state index contributed by atoms with van der Waals surface area (Å²) in [5.41, 5.74) is 0.676. The third-order valence-corrected chi connectivity index (χ3v) is 4.62. The fourth-order valence-electron chi connectivity index (χ4n) is 2.18. The second-order valence-electron chi connectivity index (χ2n) is 5.68. The van der Waals surface area contributed by atoms with Gasteiger partial charge in [0.05, 0.1) is 18.4 Å². The molecule has 3 N–H and O–H groups in total. The molecular weight excluding hydrogens is 390 g/mol. The van der Waals surface area contributed by atoms with Crippen molar-refractivity contribution in [2.24, 2.45) is 0 Å². The van der Waals surface area contributed by atoms with Crippen LogP contribution in [0.25, 0.3) is 11.4 Å². The van der Waals surface area contributed by atoms with Gasteiger partial charge >= 0.3 is 0 Å². The smallest absolute Gasteiger partial charge is 0.242 e. The van der Waals surface area contributed by atoms with Crippen LogP contribution in [0, 0.1) is 0 Å². The van der Waals surface area contributed by atoms with Gasteiger partial charge in [0.25, 0.3) is 0 Å².